The smallest absolute Gasteiger partial charge is 0.109 e. The zero-order valence-corrected chi connectivity index (χ0v) is 12.8. The van der Waals surface area contributed by atoms with Gasteiger partial charge in [0.1, 0.15) is 12.4 Å². The average molecular weight is 280 g/mol. The van der Waals surface area contributed by atoms with E-state index >= 15 is 0 Å². The van der Waals surface area contributed by atoms with Crippen LogP contribution < -0.4 is 4.90 Å². The van der Waals surface area contributed by atoms with Gasteiger partial charge in [-0.1, -0.05) is 12.7 Å². The van der Waals surface area contributed by atoms with E-state index in [2.05, 4.69) is 48.6 Å². The first-order valence-electron chi connectivity index (χ1n) is 6.69. The van der Waals surface area contributed by atoms with Gasteiger partial charge in [-0.2, -0.15) is 0 Å². The van der Waals surface area contributed by atoms with Crippen LogP contribution in [0.4, 0.5) is 5.82 Å². The molecule has 0 saturated carbocycles. The second-order valence-corrected chi connectivity index (χ2v) is 5.03. The Balaban J connectivity index is 2.91. The molecule has 0 fully saturated rings. The Morgan fingerprint density at radius 2 is 2.05 bits per heavy atom. The van der Waals surface area contributed by atoms with Gasteiger partial charge in [0.15, 0.2) is 0 Å². The van der Waals surface area contributed by atoms with Crippen molar-refractivity contribution in [1.82, 2.24) is 4.57 Å². The number of anilines is 1. The number of hydrogen-bond donors (Lipinski definition) is 0. The van der Waals surface area contributed by atoms with Gasteiger partial charge in [0.25, 0.3) is 0 Å². The zero-order valence-electron chi connectivity index (χ0n) is 12.0. The summed E-state index contributed by atoms with van der Waals surface area (Å²) >= 11 is 1.80. The number of hydrogen-bond acceptors (Lipinski definition) is 3. The van der Waals surface area contributed by atoms with Crippen molar-refractivity contribution in [2.45, 2.75) is 25.4 Å². The van der Waals surface area contributed by atoms with E-state index in [0.717, 1.165) is 25.4 Å². The number of aromatic nitrogens is 1. The van der Waals surface area contributed by atoms with Crippen LogP contribution in [0.2, 0.25) is 0 Å². The molecule has 0 atom stereocenters. The standard InChI is InChI=1S/C15H24N2OS/c1-5-13-19-15-10-9-14(16(6-2)7-3)17(15)11-12-18-8-4/h5,8-10H,1,4,6-7,11-13H2,2-3H3. The Labute approximate surface area is 120 Å². The molecule has 0 N–H and O–H groups in total. The molecule has 106 valence electrons. The minimum Gasteiger partial charge on any atom is -0.500 e. The number of thioether (sulfide) groups is 1. The summed E-state index contributed by atoms with van der Waals surface area (Å²) < 4.78 is 7.57. The van der Waals surface area contributed by atoms with Crippen molar-refractivity contribution in [2.24, 2.45) is 0 Å². The maximum absolute atomic E-state index is 5.26. The molecule has 0 radical (unpaired) electrons. The maximum atomic E-state index is 5.26. The molecule has 0 aliphatic heterocycles. The van der Waals surface area contributed by atoms with E-state index in [0.29, 0.717) is 6.61 Å². The molecule has 0 aromatic carbocycles. The van der Waals surface area contributed by atoms with Crippen LogP contribution in [0.1, 0.15) is 13.8 Å². The molecule has 0 saturated heterocycles. The van der Waals surface area contributed by atoms with Crippen molar-refractivity contribution < 1.29 is 4.74 Å². The van der Waals surface area contributed by atoms with Crippen molar-refractivity contribution in [3.05, 3.63) is 37.6 Å². The Kier molecular flexibility index (Phi) is 7.26. The van der Waals surface area contributed by atoms with Crippen molar-refractivity contribution in [2.75, 3.05) is 30.3 Å². The first-order valence-corrected chi connectivity index (χ1v) is 7.67. The number of rotatable bonds is 10. The molecule has 1 aromatic heterocycles. The summed E-state index contributed by atoms with van der Waals surface area (Å²) in [7, 11) is 0. The maximum Gasteiger partial charge on any atom is 0.109 e. The van der Waals surface area contributed by atoms with Gasteiger partial charge in [-0.05, 0) is 26.0 Å². The summed E-state index contributed by atoms with van der Waals surface area (Å²) in [6, 6.07) is 4.36. The lowest BCUT2D eigenvalue weighted by atomic mass is 10.4. The van der Waals surface area contributed by atoms with Gasteiger partial charge in [-0.25, -0.2) is 0 Å². The highest BCUT2D eigenvalue weighted by Gasteiger charge is 2.12. The molecule has 0 spiro atoms. The molecule has 1 rings (SSSR count). The number of nitrogens with zero attached hydrogens (tertiary/aromatic N) is 2. The van der Waals surface area contributed by atoms with Crippen molar-refractivity contribution in [3.8, 4) is 0 Å². The number of ether oxygens (including phenoxy) is 1. The average Bonchev–Trinajstić information content (AvgIpc) is 2.82. The van der Waals surface area contributed by atoms with Crippen LogP contribution in [-0.2, 0) is 11.3 Å². The predicted octanol–water partition coefficient (Wildman–Crippen LogP) is 3.77. The SMILES string of the molecule is C=CCSc1ccc(N(CC)CC)n1CCOC=C. The molecular formula is C15H24N2OS. The minimum absolute atomic E-state index is 0.647. The largest absolute Gasteiger partial charge is 0.500 e. The van der Waals surface area contributed by atoms with Gasteiger partial charge < -0.3 is 14.2 Å². The van der Waals surface area contributed by atoms with Gasteiger partial charge in [-0.3, -0.25) is 0 Å². The lowest BCUT2D eigenvalue weighted by Gasteiger charge is -2.23. The summed E-state index contributed by atoms with van der Waals surface area (Å²) in [6.07, 6.45) is 3.43. The third kappa shape index (κ3) is 4.39. The molecule has 0 amide bonds. The quantitative estimate of drug-likeness (QED) is 0.281. The van der Waals surface area contributed by atoms with E-state index in [1.165, 1.54) is 17.1 Å². The van der Waals surface area contributed by atoms with Crippen molar-refractivity contribution >= 4 is 17.6 Å². The Morgan fingerprint density at radius 1 is 1.32 bits per heavy atom. The minimum atomic E-state index is 0.647. The van der Waals surface area contributed by atoms with E-state index in [1.807, 2.05) is 6.08 Å². The fourth-order valence-corrected chi connectivity index (χ4v) is 2.78. The van der Waals surface area contributed by atoms with Gasteiger partial charge in [-0.15, -0.1) is 18.3 Å². The first kappa shape index (κ1) is 15.8. The highest BCUT2D eigenvalue weighted by molar-refractivity contribution is 7.99. The summed E-state index contributed by atoms with van der Waals surface area (Å²) in [4.78, 5) is 2.35. The van der Waals surface area contributed by atoms with Crippen molar-refractivity contribution in [3.63, 3.8) is 0 Å². The Bertz CT molecular complexity index is 397. The van der Waals surface area contributed by atoms with Crippen molar-refractivity contribution in [1.29, 1.82) is 0 Å². The predicted molar refractivity (Wildman–Crippen MR) is 85.1 cm³/mol. The molecule has 1 heterocycles. The highest BCUT2D eigenvalue weighted by atomic mass is 32.2. The topological polar surface area (TPSA) is 17.4 Å². The van der Waals surface area contributed by atoms with E-state index in [9.17, 15) is 0 Å². The molecular weight excluding hydrogens is 256 g/mol. The van der Waals surface area contributed by atoms with E-state index in [-0.39, 0.29) is 0 Å². The van der Waals surface area contributed by atoms with Crippen LogP contribution in [0.3, 0.4) is 0 Å². The Morgan fingerprint density at radius 3 is 2.63 bits per heavy atom. The Hall–Kier alpha value is -1.29. The fourth-order valence-electron chi connectivity index (χ4n) is 1.98. The molecule has 0 aliphatic rings. The van der Waals surface area contributed by atoms with E-state index in [4.69, 9.17) is 4.74 Å². The molecule has 0 unspecified atom stereocenters. The third-order valence-corrected chi connectivity index (χ3v) is 3.96. The normalized spacial score (nSPS) is 10.2. The summed E-state index contributed by atoms with van der Waals surface area (Å²) in [5.41, 5.74) is 0. The lowest BCUT2D eigenvalue weighted by Crippen LogP contribution is -2.25. The molecule has 1 aromatic rings. The molecule has 3 nitrogen and oxygen atoms in total. The van der Waals surface area contributed by atoms with Crippen LogP contribution in [0.15, 0.2) is 42.7 Å². The first-order chi connectivity index (χ1) is 9.28. The van der Waals surface area contributed by atoms with Crippen LogP contribution in [0.25, 0.3) is 0 Å². The van der Waals surface area contributed by atoms with Crippen LogP contribution >= 0.6 is 11.8 Å². The van der Waals surface area contributed by atoms with Crippen LogP contribution in [-0.4, -0.2) is 30.0 Å². The molecule has 0 bridgehead atoms. The molecule has 0 aliphatic carbocycles. The molecule has 19 heavy (non-hydrogen) atoms. The summed E-state index contributed by atoms with van der Waals surface area (Å²) in [5.74, 6) is 2.17. The van der Waals surface area contributed by atoms with E-state index in [1.54, 1.807) is 11.8 Å². The van der Waals surface area contributed by atoms with Crippen LogP contribution in [0, 0.1) is 0 Å². The highest BCUT2D eigenvalue weighted by Crippen LogP contribution is 2.27. The third-order valence-electron chi connectivity index (χ3n) is 2.90. The summed E-state index contributed by atoms with van der Waals surface area (Å²) in [6.45, 7) is 15.2. The van der Waals surface area contributed by atoms with Gasteiger partial charge in [0.05, 0.1) is 17.8 Å². The lowest BCUT2D eigenvalue weighted by molar-refractivity contribution is 0.234. The zero-order chi connectivity index (χ0) is 14.1. The summed E-state index contributed by atoms with van der Waals surface area (Å²) in [5, 5.41) is 1.26. The van der Waals surface area contributed by atoms with Gasteiger partial charge in [0, 0.05) is 18.8 Å². The van der Waals surface area contributed by atoms with Gasteiger partial charge >= 0.3 is 0 Å². The van der Waals surface area contributed by atoms with Crippen LogP contribution in [0.5, 0.6) is 0 Å². The second-order valence-electron chi connectivity index (χ2n) is 3.99. The second kappa shape index (κ2) is 8.75. The monoisotopic (exact) mass is 280 g/mol. The fraction of sp³-hybridized carbons (Fsp3) is 0.467. The molecule has 4 heteroatoms. The van der Waals surface area contributed by atoms with Gasteiger partial charge in [0.2, 0.25) is 0 Å². The van der Waals surface area contributed by atoms with E-state index < -0.39 is 0 Å².